The number of carbonyl (C=O) groups is 3. The fourth-order valence-electron chi connectivity index (χ4n) is 2.67. The summed E-state index contributed by atoms with van der Waals surface area (Å²) in [6.07, 6.45) is 3.10. The number of nitrogens with one attached hydrogen (secondary N) is 2. The van der Waals surface area contributed by atoms with Gasteiger partial charge in [0.1, 0.15) is 4.88 Å². The molecule has 1 aromatic heterocycles. The SMILES string of the molecule is CCOC(=O)c1cc2cc(NC(=O)/C=C/c3ccc(C(=O)NC)cc3)ccc2s1. The summed E-state index contributed by atoms with van der Waals surface area (Å²) in [6, 6.07) is 14.2. The molecule has 0 atom stereocenters. The van der Waals surface area contributed by atoms with Crippen LogP contribution in [0.2, 0.25) is 0 Å². The molecular formula is C22H20N2O4S. The van der Waals surface area contributed by atoms with E-state index in [-0.39, 0.29) is 17.8 Å². The lowest BCUT2D eigenvalue weighted by atomic mass is 10.1. The highest BCUT2D eigenvalue weighted by molar-refractivity contribution is 7.20. The number of anilines is 1. The number of fused-ring (bicyclic) bond motifs is 1. The van der Waals surface area contributed by atoms with E-state index in [0.717, 1.165) is 15.6 Å². The number of hydrogen-bond acceptors (Lipinski definition) is 5. The van der Waals surface area contributed by atoms with Crippen molar-refractivity contribution in [1.82, 2.24) is 5.32 Å². The summed E-state index contributed by atoms with van der Waals surface area (Å²) in [6.45, 7) is 2.10. The third-order valence-corrected chi connectivity index (χ3v) is 5.18. The van der Waals surface area contributed by atoms with Crippen LogP contribution in [0.4, 0.5) is 5.69 Å². The fraction of sp³-hybridized carbons (Fsp3) is 0.136. The van der Waals surface area contributed by atoms with Gasteiger partial charge >= 0.3 is 5.97 Å². The molecule has 148 valence electrons. The van der Waals surface area contributed by atoms with Crippen molar-refractivity contribution < 1.29 is 19.1 Å². The van der Waals surface area contributed by atoms with Crippen molar-refractivity contribution in [2.45, 2.75) is 6.92 Å². The Morgan fingerprint density at radius 1 is 1.07 bits per heavy atom. The van der Waals surface area contributed by atoms with Crippen molar-refractivity contribution in [3.05, 3.63) is 70.6 Å². The van der Waals surface area contributed by atoms with Gasteiger partial charge in [0.25, 0.3) is 5.91 Å². The first kappa shape index (κ1) is 20.3. The molecule has 0 aliphatic carbocycles. The Labute approximate surface area is 172 Å². The van der Waals surface area contributed by atoms with Crippen molar-refractivity contribution in [2.75, 3.05) is 19.0 Å². The predicted octanol–water partition coefficient (Wildman–Crippen LogP) is 4.09. The molecule has 29 heavy (non-hydrogen) atoms. The van der Waals surface area contributed by atoms with Crippen molar-refractivity contribution >= 4 is 51.0 Å². The Kier molecular flexibility index (Phi) is 6.41. The number of ether oxygens (including phenoxy) is 1. The van der Waals surface area contributed by atoms with Gasteiger partial charge in [-0.3, -0.25) is 9.59 Å². The summed E-state index contributed by atoms with van der Waals surface area (Å²) < 4.78 is 5.97. The number of esters is 1. The van der Waals surface area contributed by atoms with E-state index in [4.69, 9.17) is 4.74 Å². The summed E-state index contributed by atoms with van der Waals surface area (Å²) >= 11 is 1.36. The smallest absolute Gasteiger partial charge is 0.348 e. The average Bonchev–Trinajstić information content (AvgIpc) is 3.16. The maximum absolute atomic E-state index is 12.2. The molecule has 2 N–H and O–H groups in total. The van der Waals surface area contributed by atoms with E-state index in [1.165, 1.54) is 17.4 Å². The standard InChI is InChI=1S/C22H20N2O4S/c1-3-28-22(27)19-13-16-12-17(9-10-18(16)29-19)24-20(25)11-6-14-4-7-15(8-5-14)21(26)23-2/h4-13H,3H2,1-2H3,(H,23,26)(H,24,25)/b11-6+. The molecule has 0 saturated heterocycles. The summed E-state index contributed by atoms with van der Waals surface area (Å²) in [7, 11) is 1.57. The van der Waals surface area contributed by atoms with Gasteiger partial charge in [0.15, 0.2) is 0 Å². The molecule has 0 bridgehead atoms. The first-order chi connectivity index (χ1) is 14.0. The fourth-order valence-corrected chi connectivity index (χ4v) is 3.61. The van der Waals surface area contributed by atoms with Crippen LogP contribution in [0.3, 0.4) is 0 Å². The molecule has 6 nitrogen and oxygen atoms in total. The van der Waals surface area contributed by atoms with Gasteiger partial charge in [-0.15, -0.1) is 11.3 Å². The first-order valence-corrected chi connectivity index (χ1v) is 9.83. The summed E-state index contributed by atoms with van der Waals surface area (Å²) in [5.41, 5.74) is 2.00. The summed E-state index contributed by atoms with van der Waals surface area (Å²) in [4.78, 5) is 36.1. The molecule has 7 heteroatoms. The second-order valence-electron chi connectivity index (χ2n) is 6.11. The quantitative estimate of drug-likeness (QED) is 0.475. The second-order valence-corrected chi connectivity index (χ2v) is 7.19. The van der Waals surface area contributed by atoms with Gasteiger partial charge in [0.2, 0.25) is 5.91 Å². The highest BCUT2D eigenvalue weighted by atomic mass is 32.1. The van der Waals surface area contributed by atoms with E-state index in [2.05, 4.69) is 10.6 Å². The molecule has 2 amide bonds. The zero-order valence-corrected chi connectivity index (χ0v) is 16.8. The number of benzene rings is 2. The lowest BCUT2D eigenvalue weighted by Crippen LogP contribution is -2.17. The minimum Gasteiger partial charge on any atom is -0.462 e. The van der Waals surface area contributed by atoms with Crippen molar-refractivity contribution in [3.63, 3.8) is 0 Å². The van der Waals surface area contributed by atoms with E-state index in [1.807, 2.05) is 12.1 Å². The number of rotatable bonds is 6. The second kappa shape index (κ2) is 9.16. The Bertz CT molecular complexity index is 1080. The molecule has 3 rings (SSSR count). The minimum absolute atomic E-state index is 0.159. The van der Waals surface area contributed by atoms with Crippen molar-refractivity contribution in [1.29, 1.82) is 0 Å². The van der Waals surface area contributed by atoms with E-state index >= 15 is 0 Å². The van der Waals surface area contributed by atoms with E-state index in [0.29, 0.717) is 22.7 Å². The number of thiophene rings is 1. The molecular weight excluding hydrogens is 388 g/mol. The van der Waals surface area contributed by atoms with Crippen LogP contribution in [-0.4, -0.2) is 31.4 Å². The maximum atomic E-state index is 12.2. The Balaban J connectivity index is 1.66. The molecule has 0 fully saturated rings. The lowest BCUT2D eigenvalue weighted by molar-refractivity contribution is -0.111. The predicted molar refractivity (Wildman–Crippen MR) is 115 cm³/mol. The number of amides is 2. The third kappa shape index (κ3) is 5.08. The van der Waals surface area contributed by atoms with Crippen LogP contribution < -0.4 is 10.6 Å². The van der Waals surface area contributed by atoms with Crippen LogP contribution in [0, 0.1) is 0 Å². The van der Waals surface area contributed by atoms with E-state index in [9.17, 15) is 14.4 Å². The lowest BCUT2D eigenvalue weighted by Gasteiger charge is -2.02. The Hall–Kier alpha value is -3.45. The van der Waals surface area contributed by atoms with Gasteiger partial charge < -0.3 is 15.4 Å². The van der Waals surface area contributed by atoms with Crippen molar-refractivity contribution in [3.8, 4) is 0 Å². The first-order valence-electron chi connectivity index (χ1n) is 9.02. The maximum Gasteiger partial charge on any atom is 0.348 e. The topological polar surface area (TPSA) is 84.5 Å². The molecule has 0 aliphatic heterocycles. The zero-order chi connectivity index (χ0) is 20.8. The van der Waals surface area contributed by atoms with Gasteiger partial charge in [-0.25, -0.2) is 4.79 Å². The van der Waals surface area contributed by atoms with E-state index < -0.39 is 0 Å². The van der Waals surface area contributed by atoms with Crippen LogP contribution in [0.25, 0.3) is 16.2 Å². The molecule has 0 spiro atoms. The highest BCUT2D eigenvalue weighted by Crippen LogP contribution is 2.28. The van der Waals surface area contributed by atoms with Crippen LogP contribution in [0.5, 0.6) is 0 Å². The molecule has 2 aromatic carbocycles. The molecule has 0 saturated carbocycles. The minimum atomic E-state index is -0.343. The molecule has 0 radical (unpaired) electrons. The van der Waals surface area contributed by atoms with E-state index in [1.54, 1.807) is 56.4 Å². The molecule has 3 aromatic rings. The Morgan fingerprint density at radius 2 is 1.83 bits per heavy atom. The normalized spacial score (nSPS) is 10.8. The number of carbonyl (C=O) groups excluding carboxylic acids is 3. The monoisotopic (exact) mass is 408 g/mol. The van der Waals surface area contributed by atoms with Crippen LogP contribution in [0.15, 0.2) is 54.6 Å². The largest absolute Gasteiger partial charge is 0.462 e. The van der Waals surface area contributed by atoms with Crippen LogP contribution >= 0.6 is 11.3 Å². The van der Waals surface area contributed by atoms with Gasteiger partial charge in [-0.1, -0.05) is 12.1 Å². The molecule has 0 aliphatic rings. The summed E-state index contributed by atoms with van der Waals surface area (Å²) in [5.74, 6) is -0.779. The van der Waals surface area contributed by atoms with Gasteiger partial charge in [0, 0.05) is 29.1 Å². The van der Waals surface area contributed by atoms with Crippen LogP contribution in [-0.2, 0) is 9.53 Å². The summed E-state index contributed by atoms with van der Waals surface area (Å²) in [5, 5.41) is 6.23. The Morgan fingerprint density at radius 3 is 2.52 bits per heavy atom. The van der Waals surface area contributed by atoms with Crippen molar-refractivity contribution in [2.24, 2.45) is 0 Å². The number of hydrogen-bond donors (Lipinski definition) is 2. The van der Waals surface area contributed by atoms with Gasteiger partial charge in [-0.05, 0) is 60.3 Å². The molecule has 0 unspecified atom stereocenters. The zero-order valence-electron chi connectivity index (χ0n) is 16.0. The van der Waals surface area contributed by atoms with Crippen LogP contribution in [0.1, 0.15) is 32.5 Å². The third-order valence-electron chi connectivity index (χ3n) is 4.09. The van der Waals surface area contributed by atoms with Gasteiger partial charge in [-0.2, -0.15) is 0 Å². The highest BCUT2D eigenvalue weighted by Gasteiger charge is 2.11. The molecule has 1 heterocycles. The average molecular weight is 408 g/mol. The van der Waals surface area contributed by atoms with Gasteiger partial charge in [0.05, 0.1) is 6.61 Å².